The van der Waals surface area contributed by atoms with Gasteiger partial charge in [-0.1, -0.05) is 83.5 Å². The molecule has 2 atom stereocenters. The molecular formula is C34H44N2O2. The van der Waals surface area contributed by atoms with Gasteiger partial charge in [-0.2, -0.15) is 0 Å². The van der Waals surface area contributed by atoms with Gasteiger partial charge in [0.15, 0.2) is 0 Å². The Morgan fingerprint density at radius 1 is 0.816 bits per heavy atom. The molecule has 0 saturated heterocycles. The van der Waals surface area contributed by atoms with E-state index in [2.05, 4.69) is 119 Å². The third-order valence-electron chi connectivity index (χ3n) is 8.86. The van der Waals surface area contributed by atoms with E-state index in [-0.39, 0.29) is 16.7 Å². The molecule has 1 aliphatic carbocycles. The molecule has 0 aromatic heterocycles. The van der Waals surface area contributed by atoms with Gasteiger partial charge < -0.3 is 19.6 Å². The number of likely N-dealkylation sites (N-methyl/N-ethyl adjacent to an activating group) is 2. The van der Waals surface area contributed by atoms with Crippen LogP contribution in [0.2, 0.25) is 0 Å². The molecule has 3 aliphatic rings. The van der Waals surface area contributed by atoms with Crippen molar-refractivity contribution in [2.24, 2.45) is 5.92 Å². The zero-order chi connectivity index (χ0) is 27.2. The largest absolute Gasteiger partial charge is 0.497 e. The summed E-state index contributed by atoms with van der Waals surface area (Å²) in [7, 11) is 0. The lowest BCUT2D eigenvalue weighted by atomic mass is 9.75. The highest BCUT2D eigenvalue weighted by Crippen LogP contribution is 2.52. The van der Waals surface area contributed by atoms with Crippen molar-refractivity contribution in [3.8, 4) is 0 Å². The summed E-state index contributed by atoms with van der Waals surface area (Å²) in [5, 5.41) is 11.6. The van der Waals surface area contributed by atoms with Crippen molar-refractivity contribution >= 4 is 11.4 Å². The van der Waals surface area contributed by atoms with Gasteiger partial charge in [-0.15, -0.1) is 0 Å². The maximum Gasteiger partial charge on any atom is 0.112 e. The average Bonchev–Trinajstić information content (AvgIpc) is 3.27. The number of hydrogen-bond acceptors (Lipinski definition) is 4. The van der Waals surface area contributed by atoms with Crippen molar-refractivity contribution in [3.63, 3.8) is 0 Å². The van der Waals surface area contributed by atoms with Crippen LogP contribution in [0.1, 0.15) is 72.4 Å². The smallest absolute Gasteiger partial charge is 0.112 e. The molecule has 0 bridgehead atoms. The molecule has 38 heavy (non-hydrogen) atoms. The van der Waals surface area contributed by atoms with Gasteiger partial charge in [0, 0.05) is 52.3 Å². The number of unbranched alkanes of at least 4 members (excludes halogenated alkanes) is 1. The number of anilines is 2. The van der Waals surface area contributed by atoms with E-state index in [9.17, 15) is 5.11 Å². The standard InChI is InChI=1S/C34H44N2O2/c1-8-11-20-38-32-23(21-29-33(4,5)25-16-12-14-18-27(25)35(29)9-2)31(37)24(32)22-30-34(6,7)26-17-13-15-19-28(26)36(30)10-3/h12-19,21-23,31,37H,8-11,20H2,1-7H3/b29-21+,30-22+. The average molecular weight is 513 g/mol. The summed E-state index contributed by atoms with van der Waals surface area (Å²) in [6.45, 7) is 18.2. The maximum atomic E-state index is 11.6. The predicted molar refractivity (Wildman–Crippen MR) is 159 cm³/mol. The summed E-state index contributed by atoms with van der Waals surface area (Å²) in [5.41, 5.74) is 8.31. The molecule has 2 aliphatic heterocycles. The molecule has 2 unspecified atom stereocenters. The first kappa shape index (κ1) is 26.6. The summed E-state index contributed by atoms with van der Waals surface area (Å²) in [5.74, 6) is 0.773. The second-order valence-electron chi connectivity index (χ2n) is 11.8. The number of para-hydroxylation sites is 2. The van der Waals surface area contributed by atoms with Crippen molar-refractivity contribution in [1.82, 2.24) is 0 Å². The fourth-order valence-corrected chi connectivity index (χ4v) is 6.65. The number of allylic oxidation sites excluding steroid dienone is 2. The lowest BCUT2D eigenvalue weighted by Crippen LogP contribution is -2.39. The fourth-order valence-electron chi connectivity index (χ4n) is 6.65. The van der Waals surface area contributed by atoms with Crippen LogP contribution in [0.15, 0.2) is 83.4 Å². The molecule has 0 spiro atoms. The SMILES string of the molecule is CCCCOC1=C(/C=C2/N(CC)c3ccccc3C2(C)C)C(O)C1/C=C1/N(CC)c2ccccc2C1(C)C. The van der Waals surface area contributed by atoms with E-state index in [1.807, 2.05) is 0 Å². The summed E-state index contributed by atoms with van der Waals surface area (Å²) in [4.78, 5) is 4.79. The van der Waals surface area contributed by atoms with Gasteiger partial charge in [0.1, 0.15) is 5.76 Å². The normalized spacial score (nSPS) is 25.2. The van der Waals surface area contributed by atoms with Gasteiger partial charge in [-0.25, -0.2) is 0 Å². The zero-order valence-electron chi connectivity index (χ0n) is 24.2. The number of aliphatic hydroxyl groups is 1. The Kier molecular flexibility index (Phi) is 6.98. The number of hydrogen-bond donors (Lipinski definition) is 1. The molecule has 0 radical (unpaired) electrons. The maximum absolute atomic E-state index is 11.6. The molecule has 202 valence electrons. The van der Waals surface area contributed by atoms with Gasteiger partial charge in [-0.3, -0.25) is 0 Å². The topological polar surface area (TPSA) is 35.9 Å². The lowest BCUT2D eigenvalue weighted by Gasteiger charge is -2.39. The van der Waals surface area contributed by atoms with Crippen LogP contribution in [-0.4, -0.2) is 30.9 Å². The fraction of sp³-hybridized carbons (Fsp3) is 0.471. The van der Waals surface area contributed by atoms with Crippen molar-refractivity contribution in [2.45, 2.75) is 78.2 Å². The van der Waals surface area contributed by atoms with E-state index in [0.29, 0.717) is 6.61 Å². The Morgan fingerprint density at radius 2 is 1.34 bits per heavy atom. The van der Waals surface area contributed by atoms with E-state index in [0.717, 1.165) is 37.3 Å². The molecule has 0 amide bonds. The van der Waals surface area contributed by atoms with E-state index in [1.165, 1.54) is 33.9 Å². The minimum atomic E-state index is -0.594. The van der Waals surface area contributed by atoms with Gasteiger partial charge in [-0.05, 0) is 49.6 Å². The van der Waals surface area contributed by atoms with Gasteiger partial charge in [0.25, 0.3) is 0 Å². The number of nitrogens with zero attached hydrogens (tertiary/aromatic N) is 2. The van der Waals surface area contributed by atoms with Crippen LogP contribution in [0.4, 0.5) is 11.4 Å². The van der Waals surface area contributed by atoms with Crippen molar-refractivity contribution in [2.75, 3.05) is 29.5 Å². The Labute approximate surface area is 229 Å². The van der Waals surface area contributed by atoms with Crippen LogP contribution in [0.5, 0.6) is 0 Å². The summed E-state index contributed by atoms with van der Waals surface area (Å²) < 4.78 is 6.46. The van der Waals surface area contributed by atoms with Crippen LogP contribution in [-0.2, 0) is 15.6 Å². The molecule has 4 nitrogen and oxygen atoms in total. The summed E-state index contributed by atoms with van der Waals surface area (Å²) in [6.07, 6.45) is 5.99. The number of fused-ring (bicyclic) bond motifs is 2. The van der Waals surface area contributed by atoms with Crippen LogP contribution < -0.4 is 9.80 Å². The Hall–Kier alpha value is -2.98. The second kappa shape index (κ2) is 9.96. The van der Waals surface area contributed by atoms with Crippen LogP contribution >= 0.6 is 0 Å². The molecule has 0 saturated carbocycles. The minimum absolute atomic E-state index is 0.136. The zero-order valence-corrected chi connectivity index (χ0v) is 24.2. The predicted octanol–water partition coefficient (Wildman–Crippen LogP) is 7.45. The molecule has 2 aromatic carbocycles. The van der Waals surface area contributed by atoms with Crippen LogP contribution in [0.25, 0.3) is 0 Å². The highest BCUT2D eigenvalue weighted by molar-refractivity contribution is 5.72. The quantitative estimate of drug-likeness (QED) is 0.373. The number of rotatable bonds is 8. The van der Waals surface area contributed by atoms with E-state index in [1.54, 1.807) is 0 Å². The Morgan fingerprint density at radius 3 is 1.89 bits per heavy atom. The molecule has 2 aromatic rings. The molecule has 1 N–H and O–H groups in total. The highest BCUT2D eigenvalue weighted by Gasteiger charge is 2.46. The van der Waals surface area contributed by atoms with Crippen LogP contribution in [0, 0.1) is 5.92 Å². The van der Waals surface area contributed by atoms with Crippen molar-refractivity contribution < 1.29 is 9.84 Å². The van der Waals surface area contributed by atoms with Crippen molar-refractivity contribution in [1.29, 1.82) is 0 Å². The highest BCUT2D eigenvalue weighted by atomic mass is 16.5. The Bertz CT molecular complexity index is 1300. The van der Waals surface area contributed by atoms with Crippen molar-refractivity contribution in [3.05, 3.63) is 94.5 Å². The Balaban J connectivity index is 1.58. The van der Waals surface area contributed by atoms with Gasteiger partial charge in [0.2, 0.25) is 0 Å². The molecule has 5 rings (SSSR count). The van der Waals surface area contributed by atoms with Crippen LogP contribution in [0.3, 0.4) is 0 Å². The first-order valence-corrected chi connectivity index (χ1v) is 14.4. The summed E-state index contributed by atoms with van der Waals surface area (Å²) in [6, 6.07) is 17.4. The monoisotopic (exact) mass is 512 g/mol. The van der Waals surface area contributed by atoms with E-state index >= 15 is 0 Å². The third kappa shape index (κ3) is 4.00. The first-order valence-electron chi connectivity index (χ1n) is 14.4. The lowest BCUT2D eigenvalue weighted by molar-refractivity contribution is 0.0734. The third-order valence-corrected chi connectivity index (χ3v) is 8.86. The summed E-state index contributed by atoms with van der Waals surface area (Å²) >= 11 is 0. The number of ether oxygens (including phenoxy) is 1. The molecule has 0 fully saturated rings. The minimum Gasteiger partial charge on any atom is -0.497 e. The van der Waals surface area contributed by atoms with Gasteiger partial charge >= 0.3 is 0 Å². The van der Waals surface area contributed by atoms with E-state index < -0.39 is 6.10 Å². The molecular weight excluding hydrogens is 468 g/mol. The number of aliphatic hydroxyl groups excluding tert-OH is 1. The van der Waals surface area contributed by atoms with E-state index in [4.69, 9.17) is 4.74 Å². The first-order chi connectivity index (χ1) is 18.2. The van der Waals surface area contributed by atoms with Gasteiger partial charge in [0.05, 0.1) is 18.6 Å². The molecule has 4 heteroatoms. The number of benzene rings is 2. The molecule has 2 heterocycles. The second-order valence-corrected chi connectivity index (χ2v) is 11.8.